The van der Waals surface area contributed by atoms with E-state index in [0.717, 1.165) is 40.1 Å². The van der Waals surface area contributed by atoms with Crippen LogP contribution in [-0.2, 0) is 19.2 Å². The van der Waals surface area contributed by atoms with E-state index >= 15 is 0 Å². The number of halogens is 2. The van der Waals surface area contributed by atoms with Gasteiger partial charge in [-0.15, -0.1) is 11.3 Å². The fraction of sp³-hybridized carbons (Fsp3) is 0.200. The predicted molar refractivity (Wildman–Crippen MR) is 126 cm³/mol. The Balaban J connectivity index is 1.63. The summed E-state index contributed by atoms with van der Waals surface area (Å²) in [6, 6.07) is 2.40. The monoisotopic (exact) mass is 526 g/mol. The zero-order valence-corrected chi connectivity index (χ0v) is 19.8. The average Bonchev–Trinajstić information content (AvgIpc) is 3.34. The van der Waals surface area contributed by atoms with Crippen LogP contribution in [0, 0.1) is 11.6 Å². The first-order valence-electron chi connectivity index (χ1n) is 9.50. The van der Waals surface area contributed by atoms with E-state index in [4.69, 9.17) is 17.3 Å². The molecule has 0 aliphatic carbocycles. The van der Waals surface area contributed by atoms with Crippen molar-refractivity contribution >= 4 is 69.4 Å². The number of benzene rings is 1. The molecule has 1 fully saturated rings. The summed E-state index contributed by atoms with van der Waals surface area (Å²) < 4.78 is 26.8. The van der Waals surface area contributed by atoms with Gasteiger partial charge in [0.25, 0.3) is 5.91 Å². The Bertz CT molecular complexity index is 1220. The van der Waals surface area contributed by atoms with Gasteiger partial charge in [-0.2, -0.15) is 0 Å². The molecule has 9 nitrogen and oxygen atoms in total. The highest BCUT2D eigenvalue weighted by molar-refractivity contribution is 8.26. The largest absolute Gasteiger partial charge is 0.480 e. The van der Waals surface area contributed by atoms with Crippen LogP contribution >= 0.6 is 35.3 Å². The van der Waals surface area contributed by atoms with Crippen LogP contribution in [0.5, 0.6) is 0 Å². The molecule has 0 unspecified atom stereocenters. The van der Waals surface area contributed by atoms with E-state index in [0.29, 0.717) is 15.4 Å². The van der Waals surface area contributed by atoms with Crippen molar-refractivity contribution in [2.45, 2.75) is 13.0 Å². The molecule has 1 aromatic heterocycles. The minimum atomic E-state index is -1.23. The molecule has 0 spiro atoms. The molecule has 1 atom stereocenters. The number of hydrogen-bond donors (Lipinski definition) is 3. The van der Waals surface area contributed by atoms with Crippen molar-refractivity contribution in [1.82, 2.24) is 20.5 Å². The number of thiazole rings is 1. The summed E-state index contributed by atoms with van der Waals surface area (Å²) in [6.07, 6.45) is 3.00. The number of aliphatic carboxylic acids is 1. The minimum Gasteiger partial charge on any atom is -0.480 e. The number of carboxylic acid groups (broad SMARTS) is 1. The summed E-state index contributed by atoms with van der Waals surface area (Å²) in [5.74, 6) is -5.06. The van der Waals surface area contributed by atoms with Gasteiger partial charge < -0.3 is 15.7 Å². The number of carbonyl (C=O) groups is 4. The van der Waals surface area contributed by atoms with Crippen LogP contribution in [0.3, 0.4) is 0 Å². The van der Waals surface area contributed by atoms with Gasteiger partial charge in [0.1, 0.15) is 28.5 Å². The molecule has 3 rings (SSSR count). The molecule has 3 amide bonds. The van der Waals surface area contributed by atoms with Crippen LogP contribution in [0.2, 0.25) is 0 Å². The molecule has 0 saturated carbocycles. The standard InChI is InChI=1S/C20H16F2N4O5S3/c1-9(17(30)23-7-16(28)29)25-15(27)8-26-19(31)14(34-20(26)32)5-11-6-24-18(33-11)10-2-3-12(21)13(22)4-10/h2-6,9H,7-8H2,1H3,(H,23,30)(H,25,27)(H,28,29)/b14-5-/t9-/m1/s1. The van der Waals surface area contributed by atoms with Crippen molar-refractivity contribution in [1.29, 1.82) is 0 Å². The molecule has 1 aromatic carbocycles. The third kappa shape index (κ3) is 6.21. The van der Waals surface area contributed by atoms with Crippen LogP contribution in [0.25, 0.3) is 16.6 Å². The fourth-order valence-corrected chi connectivity index (χ4v) is 4.87. The van der Waals surface area contributed by atoms with Crippen molar-refractivity contribution in [3.63, 3.8) is 0 Å². The molecule has 1 aliphatic heterocycles. The number of thiocarbonyl (C=S) groups is 1. The highest BCUT2D eigenvalue weighted by Crippen LogP contribution is 2.34. The number of amides is 3. The highest BCUT2D eigenvalue weighted by Gasteiger charge is 2.34. The van der Waals surface area contributed by atoms with Gasteiger partial charge in [-0.1, -0.05) is 24.0 Å². The van der Waals surface area contributed by atoms with Gasteiger partial charge in [0.15, 0.2) is 11.6 Å². The third-order valence-corrected chi connectivity index (χ3v) is 6.69. The van der Waals surface area contributed by atoms with Gasteiger partial charge in [0.2, 0.25) is 11.8 Å². The average molecular weight is 527 g/mol. The van der Waals surface area contributed by atoms with Crippen LogP contribution in [0.15, 0.2) is 29.3 Å². The Kier molecular flexibility index (Phi) is 8.06. The van der Waals surface area contributed by atoms with Crippen molar-refractivity contribution in [2.24, 2.45) is 0 Å². The second-order valence-electron chi connectivity index (χ2n) is 6.87. The van der Waals surface area contributed by atoms with Crippen LogP contribution < -0.4 is 10.6 Å². The molecule has 0 radical (unpaired) electrons. The molecule has 14 heteroatoms. The van der Waals surface area contributed by atoms with Crippen molar-refractivity contribution in [3.05, 3.63) is 45.8 Å². The molecule has 1 aliphatic rings. The Labute approximate surface area is 205 Å². The zero-order valence-electron chi connectivity index (χ0n) is 17.3. The minimum absolute atomic E-state index is 0.139. The number of carbonyl (C=O) groups excluding carboxylic acids is 3. The maximum Gasteiger partial charge on any atom is 0.322 e. The molecular weight excluding hydrogens is 510 g/mol. The van der Waals surface area contributed by atoms with Crippen molar-refractivity contribution < 1.29 is 33.1 Å². The van der Waals surface area contributed by atoms with Gasteiger partial charge in [-0.05, 0) is 31.2 Å². The van der Waals surface area contributed by atoms with Gasteiger partial charge in [0, 0.05) is 16.6 Å². The Hall–Kier alpha value is -3.23. The second kappa shape index (κ2) is 10.8. The first kappa shape index (κ1) is 25.4. The molecule has 2 aromatic rings. The number of nitrogens with one attached hydrogen (secondary N) is 2. The number of nitrogens with zero attached hydrogens (tertiary/aromatic N) is 2. The third-order valence-electron chi connectivity index (χ3n) is 4.32. The van der Waals surface area contributed by atoms with Crippen LogP contribution in [0.4, 0.5) is 8.78 Å². The normalized spacial score (nSPS) is 15.5. The molecule has 2 heterocycles. The summed E-state index contributed by atoms with van der Waals surface area (Å²) in [5.41, 5.74) is 0.384. The summed E-state index contributed by atoms with van der Waals surface area (Å²) in [7, 11) is 0. The number of carboxylic acids is 1. The lowest BCUT2D eigenvalue weighted by Gasteiger charge is -2.17. The smallest absolute Gasteiger partial charge is 0.322 e. The van der Waals surface area contributed by atoms with Gasteiger partial charge in [0.05, 0.1) is 4.91 Å². The summed E-state index contributed by atoms with van der Waals surface area (Å²) >= 11 is 7.32. The fourth-order valence-electron chi connectivity index (χ4n) is 2.69. The lowest BCUT2D eigenvalue weighted by atomic mass is 10.2. The molecule has 34 heavy (non-hydrogen) atoms. The summed E-state index contributed by atoms with van der Waals surface area (Å²) in [6.45, 7) is 0.350. The zero-order chi connectivity index (χ0) is 25.0. The number of aromatic nitrogens is 1. The Morgan fingerprint density at radius 1 is 1.29 bits per heavy atom. The van der Waals surface area contributed by atoms with Gasteiger partial charge in [-0.25, -0.2) is 13.8 Å². The molecule has 3 N–H and O–H groups in total. The van der Waals surface area contributed by atoms with E-state index in [2.05, 4.69) is 15.6 Å². The van der Waals surface area contributed by atoms with E-state index in [1.54, 1.807) is 0 Å². The Morgan fingerprint density at radius 2 is 2.03 bits per heavy atom. The van der Waals surface area contributed by atoms with Crippen LogP contribution in [0.1, 0.15) is 11.8 Å². The summed E-state index contributed by atoms with van der Waals surface area (Å²) in [5, 5.41) is 13.5. The Morgan fingerprint density at radius 3 is 2.71 bits per heavy atom. The molecule has 0 bridgehead atoms. The second-order valence-corrected chi connectivity index (χ2v) is 9.60. The number of rotatable bonds is 8. The predicted octanol–water partition coefficient (Wildman–Crippen LogP) is 1.99. The summed E-state index contributed by atoms with van der Waals surface area (Å²) in [4.78, 5) is 53.3. The maximum atomic E-state index is 13.5. The quantitative estimate of drug-likeness (QED) is 0.352. The van der Waals surface area contributed by atoms with Gasteiger partial charge >= 0.3 is 5.97 Å². The number of thioether (sulfide) groups is 1. The van der Waals surface area contributed by atoms with E-state index in [-0.39, 0.29) is 9.23 Å². The maximum absolute atomic E-state index is 13.5. The van der Waals surface area contributed by atoms with Crippen molar-refractivity contribution in [2.75, 3.05) is 13.1 Å². The van der Waals surface area contributed by atoms with E-state index in [1.807, 2.05) is 0 Å². The SMILES string of the molecule is C[C@@H](NC(=O)CN1C(=O)/C(=C/c2cnc(-c3ccc(F)c(F)c3)s2)SC1=S)C(=O)NCC(=O)O. The first-order chi connectivity index (χ1) is 16.0. The van der Waals surface area contributed by atoms with Crippen molar-refractivity contribution in [3.8, 4) is 10.6 Å². The van der Waals surface area contributed by atoms with E-state index < -0.39 is 54.5 Å². The molecule has 178 valence electrons. The topological polar surface area (TPSA) is 129 Å². The highest BCUT2D eigenvalue weighted by atomic mass is 32.2. The van der Waals surface area contributed by atoms with Crippen LogP contribution in [-0.4, -0.2) is 62.1 Å². The molecular formula is C20H16F2N4O5S3. The van der Waals surface area contributed by atoms with E-state index in [1.165, 1.54) is 25.3 Å². The first-order valence-corrected chi connectivity index (χ1v) is 11.5. The number of hydrogen-bond acceptors (Lipinski definition) is 8. The lowest BCUT2D eigenvalue weighted by molar-refractivity contribution is -0.138. The van der Waals surface area contributed by atoms with E-state index in [9.17, 15) is 28.0 Å². The van der Waals surface area contributed by atoms with Gasteiger partial charge in [-0.3, -0.25) is 24.1 Å². The lowest BCUT2D eigenvalue weighted by Crippen LogP contribution is -2.49. The molecule has 1 saturated heterocycles.